The van der Waals surface area contributed by atoms with Crippen molar-refractivity contribution < 1.29 is 28.0 Å². The van der Waals surface area contributed by atoms with Gasteiger partial charge in [-0.2, -0.15) is 4.98 Å². The molecule has 0 saturated heterocycles. The highest BCUT2D eigenvalue weighted by molar-refractivity contribution is 6.00. The van der Waals surface area contributed by atoms with Gasteiger partial charge in [-0.1, -0.05) is 17.3 Å². The predicted octanol–water partition coefficient (Wildman–Crippen LogP) is 3.44. The molecule has 0 aliphatic carbocycles. The molecule has 0 N–H and O–H groups in total. The molecule has 0 fully saturated rings. The van der Waals surface area contributed by atoms with E-state index in [0.717, 1.165) is 0 Å². The summed E-state index contributed by atoms with van der Waals surface area (Å²) in [6.07, 6.45) is -0.623. The minimum Gasteiger partial charge on any atom is -0.454 e. The van der Waals surface area contributed by atoms with Gasteiger partial charge in [0, 0.05) is 12.6 Å². The van der Waals surface area contributed by atoms with E-state index in [9.17, 15) is 14.0 Å². The number of methoxy groups -OCH3 is 1. The Balaban J connectivity index is 1.70. The number of amides is 1. The summed E-state index contributed by atoms with van der Waals surface area (Å²) < 4.78 is 28.0. The fourth-order valence-corrected chi connectivity index (χ4v) is 2.40. The molecule has 28 heavy (non-hydrogen) atoms. The smallest absolute Gasteiger partial charge is 0.413 e. The summed E-state index contributed by atoms with van der Waals surface area (Å²) in [6, 6.07) is 12.0. The van der Waals surface area contributed by atoms with Crippen LogP contribution in [0.5, 0.6) is 0 Å². The Morgan fingerprint density at radius 3 is 2.57 bits per heavy atom. The lowest BCUT2D eigenvalue weighted by molar-refractivity contribution is 0.0460. The molecule has 3 rings (SSSR count). The number of anilines is 1. The molecular weight excluding hydrogens is 369 g/mol. The molecule has 0 bridgehead atoms. The molecule has 1 heterocycles. The van der Waals surface area contributed by atoms with Gasteiger partial charge in [-0.3, -0.25) is 4.90 Å². The van der Waals surface area contributed by atoms with Crippen LogP contribution in [0.15, 0.2) is 53.1 Å². The average molecular weight is 385 g/mol. The van der Waals surface area contributed by atoms with Crippen molar-refractivity contribution in [1.82, 2.24) is 10.1 Å². The van der Waals surface area contributed by atoms with Crippen LogP contribution in [-0.2, 0) is 16.1 Å². The molecule has 144 valence electrons. The minimum atomic E-state index is -0.667. The zero-order chi connectivity index (χ0) is 20.1. The van der Waals surface area contributed by atoms with Gasteiger partial charge in [-0.25, -0.2) is 14.0 Å². The summed E-state index contributed by atoms with van der Waals surface area (Å²) in [5.74, 6) is -0.726. The number of benzene rings is 2. The average Bonchev–Trinajstić information content (AvgIpc) is 3.20. The monoisotopic (exact) mass is 385 g/mol. The number of para-hydroxylation sites is 1. The molecule has 0 unspecified atom stereocenters. The van der Waals surface area contributed by atoms with Crippen molar-refractivity contribution in [3.8, 4) is 11.5 Å². The summed E-state index contributed by atoms with van der Waals surface area (Å²) in [6.45, 7) is -0.236. The van der Waals surface area contributed by atoms with Crippen LogP contribution in [-0.4, -0.2) is 36.4 Å². The number of rotatable bonds is 5. The van der Waals surface area contributed by atoms with Gasteiger partial charge in [0.15, 0.2) is 6.61 Å². The van der Waals surface area contributed by atoms with E-state index in [1.807, 2.05) is 0 Å². The topological polar surface area (TPSA) is 94.8 Å². The number of halogens is 1. The Morgan fingerprint density at radius 1 is 1.14 bits per heavy atom. The summed E-state index contributed by atoms with van der Waals surface area (Å²) in [7, 11) is 2.72. The third-order valence-corrected chi connectivity index (χ3v) is 3.83. The van der Waals surface area contributed by atoms with E-state index in [-0.39, 0.29) is 29.7 Å². The van der Waals surface area contributed by atoms with Crippen molar-refractivity contribution in [1.29, 1.82) is 0 Å². The van der Waals surface area contributed by atoms with Gasteiger partial charge < -0.3 is 14.0 Å². The second-order valence-electron chi connectivity index (χ2n) is 5.64. The first-order valence-electron chi connectivity index (χ1n) is 8.16. The molecule has 0 spiro atoms. The molecule has 9 heteroatoms. The standard InChI is InChI=1S/C19H16FN3O5/c1-23(19(25)26-2)15-6-4-3-5-14(15)18(24)27-11-16-21-17(28-22-16)12-7-9-13(20)10-8-12/h3-10H,11H2,1-2H3. The van der Waals surface area contributed by atoms with E-state index < -0.39 is 12.1 Å². The molecule has 1 aromatic heterocycles. The van der Waals surface area contributed by atoms with Gasteiger partial charge >= 0.3 is 12.1 Å². The van der Waals surface area contributed by atoms with Crippen LogP contribution >= 0.6 is 0 Å². The number of carbonyl (C=O) groups is 2. The predicted molar refractivity (Wildman–Crippen MR) is 96.1 cm³/mol. The third kappa shape index (κ3) is 4.14. The highest BCUT2D eigenvalue weighted by atomic mass is 19.1. The number of hydrogen-bond acceptors (Lipinski definition) is 7. The van der Waals surface area contributed by atoms with Gasteiger partial charge in [0.25, 0.3) is 5.89 Å². The van der Waals surface area contributed by atoms with E-state index in [4.69, 9.17) is 9.26 Å². The van der Waals surface area contributed by atoms with Crippen molar-refractivity contribution in [3.63, 3.8) is 0 Å². The molecular formula is C19H16FN3O5. The van der Waals surface area contributed by atoms with Crippen LogP contribution in [0.2, 0.25) is 0 Å². The second kappa shape index (κ2) is 8.30. The number of ether oxygens (including phenoxy) is 2. The normalized spacial score (nSPS) is 10.4. The van der Waals surface area contributed by atoms with Gasteiger partial charge in [-0.05, 0) is 36.4 Å². The first-order valence-corrected chi connectivity index (χ1v) is 8.16. The zero-order valence-electron chi connectivity index (χ0n) is 15.1. The van der Waals surface area contributed by atoms with E-state index in [0.29, 0.717) is 11.3 Å². The molecule has 0 atom stereocenters. The fourth-order valence-electron chi connectivity index (χ4n) is 2.40. The van der Waals surface area contributed by atoms with Crippen LogP contribution in [0.3, 0.4) is 0 Å². The van der Waals surface area contributed by atoms with Gasteiger partial charge in [0.2, 0.25) is 5.82 Å². The molecule has 2 aromatic carbocycles. The van der Waals surface area contributed by atoms with Crippen molar-refractivity contribution in [2.24, 2.45) is 0 Å². The van der Waals surface area contributed by atoms with Crippen LogP contribution in [0.1, 0.15) is 16.2 Å². The number of carbonyl (C=O) groups excluding carboxylic acids is 2. The largest absolute Gasteiger partial charge is 0.454 e. The number of aromatic nitrogens is 2. The molecule has 0 radical (unpaired) electrons. The maximum atomic E-state index is 13.0. The van der Waals surface area contributed by atoms with E-state index >= 15 is 0 Å². The Hall–Kier alpha value is -3.75. The van der Waals surface area contributed by atoms with Crippen LogP contribution in [0, 0.1) is 5.82 Å². The lowest BCUT2D eigenvalue weighted by Gasteiger charge is -2.18. The number of esters is 1. The Labute approximate surface area is 159 Å². The van der Waals surface area contributed by atoms with Gasteiger partial charge in [-0.15, -0.1) is 0 Å². The van der Waals surface area contributed by atoms with Crippen LogP contribution < -0.4 is 4.90 Å². The fraction of sp³-hybridized carbons (Fsp3) is 0.158. The maximum Gasteiger partial charge on any atom is 0.413 e. The highest BCUT2D eigenvalue weighted by Crippen LogP contribution is 2.22. The second-order valence-corrected chi connectivity index (χ2v) is 5.64. The number of hydrogen-bond donors (Lipinski definition) is 0. The van der Waals surface area contributed by atoms with Gasteiger partial charge in [0.1, 0.15) is 5.82 Å². The molecule has 0 aliphatic rings. The SMILES string of the molecule is COC(=O)N(C)c1ccccc1C(=O)OCc1noc(-c2ccc(F)cc2)n1. The first-order chi connectivity index (χ1) is 13.5. The molecule has 0 saturated carbocycles. The summed E-state index contributed by atoms with van der Waals surface area (Å²) in [5.41, 5.74) is 1.05. The zero-order valence-corrected chi connectivity index (χ0v) is 15.1. The Kier molecular flexibility index (Phi) is 5.64. The lowest BCUT2D eigenvalue weighted by atomic mass is 10.1. The third-order valence-electron chi connectivity index (χ3n) is 3.83. The van der Waals surface area contributed by atoms with Crippen LogP contribution in [0.25, 0.3) is 11.5 Å². The van der Waals surface area contributed by atoms with Crippen molar-refractivity contribution >= 4 is 17.7 Å². The molecule has 3 aromatic rings. The number of nitrogens with zero attached hydrogens (tertiary/aromatic N) is 3. The summed E-state index contributed by atoms with van der Waals surface area (Å²) in [5, 5.41) is 3.74. The van der Waals surface area contributed by atoms with Gasteiger partial charge in [0.05, 0.1) is 18.4 Å². The van der Waals surface area contributed by atoms with Crippen molar-refractivity contribution in [2.45, 2.75) is 6.61 Å². The minimum absolute atomic E-state index is 0.145. The first kappa shape index (κ1) is 19.0. The summed E-state index contributed by atoms with van der Waals surface area (Å²) >= 11 is 0. The van der Waals surface area contributed by atoms with Crippen LogP contribution in [0.4, 0.5) is 14.9 Å². The Bertz CT molecular complexity index is 987. The summed E-state index contributed by atoms with van der Waals surface area (Å²) in [4.78, 5) is 29.5. The molecule has 8 nitrogen and oxygen atoms in total. The highest BCUT2D eigenvalue weighted by Gasteiger charge is 2.20. The van der Waals surface area contributed by atoms with E-state index in [1.54, 1.807) is 18.2 Å². The maximum absolute atomic E-state index is 13.0. The lowest BCUT2D eigenvalue weighted by Crippen LogP contribution is -2.27. The Morgan fingerprint density at radius 2 is 1.86 bits per heavy atom. The van der Waals surface area contributed by atoms with E-state index in [1.165, 1.54) is 49.4 Å². The molecule has 1 amide bonds. The van der Waals surface area contributed by atoms with Crippen molar-refractivity contribution in [3.05, 3.63) is 65.7 Å². The molecule has 0 aliphatic heterocycles. The quantitative estimate of drug-likeness (QED) is 0.621. The van der Waals surface area contributed by atoms with Crippen molar-refractivity contribution in [2.75, 3.05) is 19.1 Å². The van der Waals surface area contributed by atoms with E-state index in [2.05, 4.69) is 14.9 Å².